The normalized spacial score (nSPS) is 16.5. The number of benzene rings is 2. The average molecular weight is 411 g/mol. The minimum atomic E-state index is -1.03. The van der Waals surface area contributed by atoms with E-state index in [1.807, 2.05) is 0 Å². The molecule has 1 aliphatic heterocycles. The lowest BCUT2D eigenvalue weighted by atomic mass is 10.1. The maximum absolute atomic E-state index is 12.4. The topological polar surface area (TPSA) is 90.9 Å². The van der Waals surface area contributed by atoms with Crippen molar-refractivity contribution in [3.63, 3.8) is 0 Å². The standard InChI is InChI=1S/C23H25NO6/c1-15(25)20-7-3-4-8-21(20)24-22(26)16(2)30-23(27)17-9-11-18(12-10-17)29-14-19-6-5-13-28-19/h3-4,7-12,16,19H,5-6,13-14H2,1-2H3,(H,24,26)/t16-,19+/m1/s1. The van der Waals surface area contributed by atoms with Crippen molar-refractivity contribution in [2.24, 2.45) is 0 Å². The van der Waals surface area contributed by atoms with Gasteiger partial charge in [0.25, 0.3) is 5.91 Å². The number of carbonyl (C=O) groups excluding carboxylic acids is 3. The number of Topliss-reactive ketones (excluding diaryl/α,β-unsaturated/α-hetero) is 1. The summed E-state index contributed by atoms with van der Waals surface area (Å²) in [6.45, 7) is 4.14. The number of ketones is 1. The zero-order valence-electron chi connectivity index (χ0n) is 17.1. The summed E-state index contributed by atoms with van der Waals surface area (Å²) < 4.78 is 16.4. The number of nitrogens with one attached hydrogen (secondary N) is 1. The second-order valence-electron chi connectivity index (χ2n) is 7.11. The number of amides is 1. The maximum Gasteiger partial charge on any atom is 0.338 e. The van der Waals surface area contributed by atoms with Crippen LogP contribution in [0.3, 0.4) is 0 Å². The number of rotatable bonds is 8. The van der Waals surface area contributed by atoms with E-state index in [4.69, 9.17) is 14.2 Å². The molecule has 0 bridgehead atoms. The van der Waals surface area contributed by atoms with E-state index in [1.165, 1.54) is 13.8 Å². The van der Waals surface area contributed by atoms with Gasteiger partial charge in [-0.3, -0.25) is 9.59 Å². The third-order valence-corrected chi connectivity index (χ3v) is 4.77. The average Bonchev–Trinajstić information content (AvgIpc) is 3.26. The highest BCUT2D eigenvalue weighted by Gasteiger charge is 2.21. The van der Waals surface area contributed by atoms with Gasteiger partial charge < -0.3 is 19.5 Å². The number of anilines is 1. The first-order valence-electron chi connectivity index (χ1n) is 9.90. The Morgan fingerprint density at radius 2 is 1.87 bits per heavy atom. The fourth-order valence-corrected chi connectivity index (χ4v) is 3.07. The van der Waals surface area contributed by atoms with Crippen molar-refractivity contribution in [1.29, 1.82) is 0 Å². The van der Waals surface area contributed by atoms with Gasteiger partial charge in [0.05, 0.1) is 17.4 Å². The molecule has 7 heteroatoms. The first kappa shape index (κ1) is 21.5. The summed E-state index contributed by atoms with van der Waals surface area (Å²) in [4.78, 5) is 36.4. The molecule has 0 aliphatic carbocycles. The largest absolute Gasteiger partial charge is 0.491 e. The number of hydrogen-bond acceptors (Lipinski definition) is 6. The molecular formula is C23H25NO6. The SMILES string of the molecule is CC(=O)c1ccccc1NC(=O)[C@@H](C)OC(=O)c1ccc(OC[C@@H]2CCCO2)cc1. The van der Waals surface area contributed by atoms with Crippen LogP contribution in [0, 0.1) is 0 Å². The zero-order chi connectivity index (χ0) is 21.5. The van der Waals surface area contributed by atoms with Gasteiger partial charge in [0.2, 0.25) is 0 Å². The summed E-state index contributed by atoms with van der Waals surface area (Å²) in [6, 6.07) is 13.2. The molecule has 0 saturated carbocycles. The van der Waals surface area contributed by atoms with E-state index >= 15 is 0 Å². The Morgan fingerprint density at radius 1 is 1.13 bits per heavy atom. The molecule has 3 rings (SSSR count). The predicted octanol–water partition coefficient (Wildman–Crippen LogP) is 3.63. The van der Waals surface area contributed by atoms with Gasteiger partial charge in [-0.15, -0.1) is 0 Å². The van der Waals surface area contributed by atoms with Crippen LogP contribution >= 0.6 is 0 Å². The van der Waals surface area contributed by atoms with Crippen molar-refractivity contribution < 1.29 is 28.6 Å². The van der Waals surface area contributed by atoms with E-state index < -0.39 is 18.0 Å². The lowest BCUT2D eigenvalue weighted by Crippen LogP contribution is -2.30. The van der Waals surface area contributed by atoms with E-state index in [0.717, 1.165) is 19.4 Å². The number of ether oxygens (including phenoxy) is 3. The van der Waals surface area contributed by atoms with Crippen molar-refractivity contribution >= 4 is 23.3 Å². The predicted molar refractivity (Wildman–Crippen MR) is 111 cm³/mol. The molecular weight excluding hydrogens is 386 g/mol. The second-order valence-corrected chi connectivity index (χ2v) is 7.11. The lowest BCUT2D eigenvalue weighted by molar-refractivity contribution is -0.123. The molecule has 0 aromatic heterocycles. The minimum Gasteiger partial charge on any atom is -0.491 e. The molecule has 158 valence electrons. The highest BCUT2D eigenvalue weighted by molar-refractivity contribution is 6.05. The van der Waals surface area contributed by atoms with E-state index in [2.05, 4.69) is 5.32 Å². The van der Waals surface area contributed by atoms with E-state index in [1.54, 1.807) is 48.5 Å². The summed E-state index contributed by atoms with van der Waals surface area (Å²) in [7, 11) is 0. The highest BCUT2D eigenvalue weighted by Crippen LogP contribution is 2.18. The van der Waals surface area contributed by atoms with Gasteiger partial charge in [-0.2, -0.15) is 0 Å². The summed E-state index contributed by atoms with van der Waals surface area (Å²) in [6.07, 6.45) is 1.11. The summed E-state index contributed by atoms with van der Waals surface area (Å²) in [5.41, 5.74) is 1.08. The van der Waals surface area contributed by atoms with Gasteiger partial charge >= 0.3 is 5.97 Å². The van der Waals surface area contributed by atoms with Crippen LogP contribution in [0.5, 0.6) is 5.75 Å². The third kappa shape index (κ3) is 5.67. The van der Waals surface area contributed by atoms with Gasteiger partial charge in [-0.05, 0) is 63.1 Å². The van der Waals surface area contributed by atoms with E-state index in [9.17, 15) is 14.4 Å². The molecule has 1 saturated heterocycles. The molecule has 7 nitrogen and oxygen atoms in total. The molecule has 30 heavy (non-hydrogen) atoms. The Hall–Kier alpha value is -3.19. The van der Waals surface area contributed by atoms with Crippen molar-refractivity contribution in [2.75, 3.05) is 18.5 Å². The second kappa shape index (κ2) is 10.0. The molecule has 0 spiro atoms. The summed E-state index contributed by atoms with van der Waals surface area (Å²) in [5.74, 6) is -0.678. The zero-order valence-corrected chi connectivity index (χ0v) is 17.1. The molecule has 1 aliphatic rings. The van der Waals surface area contributed by atoms with Gasteiger partial charge in [-0.1, -0.05) is 12.1 Å². The fourth-order valence-electron chi connectivity index (χ4n) is 3.07. The Bertz CT molecular complexity index is 902. The molecule has 0 radical (unpaired) electrons. The molecule has 1 fully saturated rings. The van der Waals surface area contributed by atoms with Crippen LogP contribution in [0.2, 0.25) is 0 Å². The summed E-state index contributed by atoms with van der Waals surface area (Å²) >= 11 is 0. The number of esters is 1. The summed E-state index contributed by atoms with van der Waals surface area (Å²) in [5, 5.41) is 2.63. The first-order chi connectivity index (χ1) is 14.4. The van der Waals surface area contributed by atoms with Crippen molar-refractivity contribution in [1.82, 2.24) is 0 Å². The molecule has 1 heterocycles. The van der Waals surface area contributed by atoms with Crippen LogP contribution in [-0.2, 0) is 14.3 Å². The van der Waals surface area contributed by atoms with Crippen LogP contribution in [0.25, 0.3) is 0 Å². The van der Waals surface area contributed by atoms with Crippen LogP contribution in [0.4, 0.5) is 5.69 Å². The first-order valence-corrected chi connectivity index (χ1v) is 9.90. The van der Waals surface area contributed by atoms with Crippen LogP contribution in [0.15, 0.2) is 48.5 Å². The minimum absolute atomic E-state index is 0.113. The molecule has 2 aromatic rings. The molecule has 2 aromatic carbocycles. The van der Waals surface area contributed by atoms with Crippen LogP contribution in [0.1, 0.15) is 47.4 Å². The van der Waals surface area contributed by atoms with E-state index in [-0.39, 0.29) is 11.9 Å². The highest BCUT2D eigenvalue weighted by atomic mass is 16.5. The molecule has 2 atom stereocenters. The number of para-hydroxylation sites is 1. The fraction of sp³-hybridized carbons (Fsp3) is 0.348. The quantitative estimate of drug-likeness (QED) is 0.527. The van der Waals surface area contributed by atoms with Gasteiger partial charge in [0.1, 0.15) is 12.4 Å². The number of carbonyl (C=O) groups is 3. The van der Waals surface area contributed by atoms with Gasteiger partial charge in [0.15, 0.2) is 11.9 Å². The lowest BCUT2D eigenvalue weighted by Gasteiger charge is -2.15. The van der Waals surface area contributed by atoms with Crippen molar-refractivity contribution in [3.8, 4) is 5.75 Å². The Labute approximate surface area is 175 Å². The van der Waals surface area contributed by atoms with E-state index in [0.29, 0.717) is 29.2 Å². The van der Waals surface area contributed by atoms with Gasteiger partial charge in [-0.25, -0.2) is 4.79 Å². The van der Waals surface area contributed by atoms with Crippen molar-refractivity contribution in [3.05, 3.63) is 59.7 Å². The van der Waals surface area contributed by atoms with Crippen LogP contribution in [-0.4, -0.2) is 43.1 Å². The Balaban J connectivity index is 1.53. The Morgan fingerprint density at radius 3 is 2.53 bits per heavy atom. The number of hydrogen-bond donors (Lipinski definition) is 1. The van der Waals surface area contributed by atoms with Crippen molar-refractivity contribution in [2.45, 2.75) is 38.9 Å². The molecule has 1 N–H and O–H groups in total. The Kier molecular flexibility index (Phi) is 7.19. The monoisotopic (exact) mass is 411 g/mol. The van der Waals surface area contributed by atoms with Crippen LogP contribution < -0.4 is 10.1 Å². The maximum atomic E-state index is 12.4. The smallest absolute Gasteiger partial charge is 0.338 e. The van der Waals surface area contributed by atoms with Gasteiger partial charge in [0, 0.05) is 12.2 Å². The molecule has 0 unspecified atom stereocenters. The molecule has 1 amide bonds. The third-order valence-electron chi connectivity index (χ3n) is 4.77.